The molecular formula is C16H24N4O3. The maximum Gasteiger partial charge on any atom is 0.269 e. The van der Waals surface area contributed by atoms with Crippen LogP contribution in [0.15, 0.2) is 24.3 Å². The molecule has 1 aromatic carbocycles. The lowest BCUT2D eigenvalue weighted by Gasteiger charge is -2.22. The number of nitro groups is 1. The lowest BCUT2D eigenvalue weighted by atomic mass is 9.90. The van der Waals surface area contributed by atoms with Gasteiger partial charge in [0, 0.05) is 43.9 Å². The highest BCUT2D eigenvalue weighted by molar-refractivity contribution is 5.76. The molecule has 1 fully saturated rings. The standard InChI is InChI=1S/C16H24N4O3/c1-16(11-17)8-10-19(12-16)15(21)3-2-9-18-13-4-6-14(7-5-13)20(22)23/h4-7,18H,2-3,8-12,17H2,1H3. The summed E-state index contributed by atoms with van der Waals surface area (Å²) in [5.74, 6) is 0.174. The molecule has 0 aromatic heterocycles. The van der Waals surface area contributed by atoms with Crippen molar-refractivity contribution < 1.29 is 9.72 Å². The predicted molar refractivity (Wildman–Crippen MR) is 89.2 cm³/mol. The van der Waals surface area contributed by atoms with Gasteiger partial charge in [-0.1, -0.05) is 6.92 Å². The zero-order valence-electron chi connectivity index (χ0n) is 13.5. The van der Waals surface area contributed by atoms with Gasteiger partial charge in [-0.25, -0.2) is 0 Å². The average molecular weight is 320 g/mol. The molecule has 1 unspecified atom stereocenters. The third-order valence-corrected chi connectivity index (χ3v) is 4.38. The summed E-state index contributed by atoms with van der Waals surface area (Å²) in [6, 6.07) is 6.27. The summed E-state index contributed by atoms with van der Waals surface area (Å²) in [7, 11) is 0. The quantitative estimate of drug-likeness (QED) is 0.454. The van der Waals surface area contributed by atoms with Gasteiger partial charge in [0.15, 0.2) is 0 Å². The van der Waals surface area contributed by atoms with Gasteiger partial charge in [-0.05, 0) is 36.9 Å². The largest absolute Gasteiger partial charge is 0.385 e. The molecule has 7 nitrogen and oxygen atoms in total. The first kappa shape index (κ1) is 17.2. The lowest BCUT2D eigenvalue weighted by molar-refractivity contribution is -0.384. The van der Waals surface area contributed by atoms with Crippen LogP contribution >= 0.6 is 0 Å². The Morgan fingerprint density at radius 2 is 2.13 bits per heavy atom. The van der Waals surface area contributed by atoms with Crippen LogP contribution in [0, 0.1) is 15.5 Å². The molecule has 126 valence electrons. The third-order valence-electron chi connectivity index (χ3n) is 4.38. The Bertz CT molecular complexity index is 561. The van der Waals surface area contributed by atoms with E-state index in [4.69, 9.17) is 5.73 Å². The SMILES string of the molecule is CC1(CN)CCN(C(=O)CCCNc2ccc([N+](=O)[O-])cc2)C1. The van der Waals surface area contributed by atoms with Crippen molar-refractivity contribution in [2.45, 2.75) is 26.2 Å². The molecule has 1 aromatic rings. The van der Waals surface area contributed by atoms with Crippen LogP contribution in [0.3, 0.4) is 0 Å². The van der Waals surface area contributed by atoms with E-state index >= 15 is 0 Å². The van der Waals surface area contributed by atoms with Crippen LogP contribution in [0.4, 0.5) is 11.4 Å². The number of benzene rings is 1. The van der Waals surface area contributed by atoms with Crippen molar-refractivity contribution in [3.8, 4) is 0 Å². The van der Waals surface area contributed by atoms with E-state index in [-0.39, 0.29) is 17.0 Å². The highest BCUT2D eigenvalue weighted by Crippen LogP contribution is 2.28. The molecule has 0 radical (unpaired) electrons. The molecule has 0 spiro atoms. The summed E-state index contributed by atoms with van der Waals surface area (Å²) in [6.07, 6.45) is 2.20. The van der Waals surface area contributed by atoms with Gasteiger partial charge in [0.05, 0.1) is 4.92 Å². The number of likely N-dealkylation sites (tertiary alicyclic amines) is 1. The Labute approximate surface area is 136 Å². The van der Waals surface area contributed by atoms with Gasteiger partial charge in [0.2, 0.25) is 5.91 Å². The monoisotopic (exact) mass is 320 g/mol. The number of hydrogen-bond acceptors (Lipinski definition) is 5. The Kier molecular flexibility index (Phi) is 5.54. The van der Waals surface area contributed by atoms with Crippen LogP contribution in [0.1, 0.15) is 26.2 Å². The van der Waals surface area contributed by atoms with Crippen LogP contribution in [0.2, 0.25) is 0 Å². The molecule has 1 saturated heterocycles. The van der Waals surface area contributed by atoms with Crippen LogP contribution in [-0.2, 0) is 4.79 Å². The molecule has 1 heterocycles. The van der Waals surface area contributed by atoms with E-state index in [1.54, 1.807) is 12.1 Å². The molecule has 1 amide bonds. The van der Waals surface area contributed by atoms with Gasteiger partial charge in [0.25, 0.3) is 5.69 Å². The second-order valence-corrected chi connectivity index (χ2v) is 6.41. The topological polar surface area (TPSA) is 102 Å². The van der Waals surface area contributed by atoms with Crippen LogP contribution in [-0.4, -0.2) is 41.9 Å². The minimum absolute atomic E-state index is 0.0622. The van der Waals surface area contributed by atoms with Crippen molar-refractivity contribution in [2.75, 3.05) is 31.5 Å². The number of carbonyl (C=O) groups excluding carboxylic acids is 1. The number of anilines is 1. The Morgan fingerprint density at radius 1 is 1.43 bits per heavy atom. The summed E-state index contributed by atoms with van der Waals surface area (Å²) in [4.78, 5) is 24.2. The van der Waals surface area contributed by atoms with E-state index in [0.717, 1.165) is 31.6 Å². The molecule has 3 N–H and O–H groups in total. The maximum absolute atomic E-state index is 12.2. The van der Waals surface area contributed by atoms with Crippen molar-refractivity contribution in [1.29, 1.82) is 0 Å². The Balaban J connectivity index is 1.69. The maximum atomic E-state index is 12.2. The molecule has 0 saturated carbocycles. The second kappa shape index (κ2) is 7.41. The van der Waals surface area contributed by atoms with Crippen LogP contribution < -0.4 is 11.1 Å². The number of nitrogens with zero attached hydrogens (tertiary/aromatic N) is 2. The van der Waals surface area contributed by atoms with Gasteiger partial charge in [-0.2, -0.15) is 0 Å². The predicted octanol–water partition coefficient (Wildman–Crippen LogP) is 1.98. The molecular weight excluding hydrogens is 296 g/mol. The van der Waals surface area contributed by atoms with Crippen molar-refractivity contribution in [1.82, 2.24) is 4.90 Å². The zero-order valence-corrected chi connectivity index (χ0v) is 13.5. The average Bonchev–Trinajstić information content (AvgIpc) is 2.95. The summed E-state index contributed by atoms with van der Waals surface area (Å²) < 4.78 is 0. The van der Waals surface area contributed by atoms with Crippen LogP contribution in [0.5, 0.6) is 0 Å². The zero-order chi connectivity index (χ0) is 16.9. The number of non-ortho nitro benzene ring substituents is 1. The molecule has 2 rings (SSSR count). The van der Waals surface area contributed by atoms with Gasteiger partial charge in [0.1, 0.15) is 0 Å². The number of amides is 1. The summed E-state index contributed by atoms with van der Waals surface area (Å²) in [5.41, 5.74) is 6.71. The molecule has 23 heavy (non-hydrogen) atoms. The van der Waals surface area contributed by atoms with Gasteiger partial charge >= 0.3 is 0 Å². The molecule has 0 bridgehead atoms. The number of rotatable bonds is 7. The molecule has 1 atom stereocenters. The van der Waals surface area contributed by atoms with E-state index in [2.05, 4.69) is 12.2 Å². The van der Waals surface area contributed by atoms with E-state index in [1.807, 2.05) is 4.90 Å². The number of hydrogen-bond donors (Lipinski definition) is 2. The van der Waals surface area contributed by atoms with E-state index in [1.165, 1.54) is 12.1 Å². The number of carbonyl (C=O) groups is 1. The number of nitrogens with two attached hydrogens (primary N) is 1. The highest BCUT2D eigenvalue weighted by Gasteiger charge is 2.34. The Hall–Kier alpha value is -2.15. The fourth-order valence-electron chi connectivity index (χ4n) is 2.73. The van der Waals surface area contributed by atoms with Crippen molar-refractivity contribution in [3.05, 3.63) is 34.4 Å². The lowest BCUT2D eigenvalue weighted by Crippen LogP contribution is -2.34. The van der Waals surface area contributed by atoms with Crippen molar-refractivity contribution in [3.63, 3.8) is 0 Å². The number of nitrogens with one attached hydrogen (secondary N) is 1. The molecule has 7 heteroatoms. The van der Waals surface area contributed by atoms with Crippen molar-refractivity contribution >= 4 is 17.3 Å². The summed E-state index contributed by atoms with van der Waals surface area (Å²) in [5, 5.41) is 13.7. The van der Waals surface area contributed by atoms with E-state index in [9.17, 15) is 14.9 Å². The first-order valence-electron chi connectivity index (χ1n) is 7.90. The first-order valence-corrected chi connectivity index (χ1v) is 7.90. The minimum Gasteiger partial charge on any atom is -0.385 e. The Morgan fingerprint density at radius 3 is 2.70 bits per heavy atom. The molecule has 0 aliphatic carbocycles. The third kappa shape index (κ3) is 4.66. The summed E-state index contributed by atoms with van der Waals surface area (Å²) in [6.45, 7) is 4.93. The van der Waals surface area contributed by atoms with Gasteiger partial charge < -0.3 is 16.0 Å². The van der Waals surface area contributed by atoms with Gasteiger partial charge in [-0.3, -0.25) is 14.9 Å². The fraction of sp³-hybridized carbons (Fsp3) is 0.562. The second-order valence-electron chi connectivity index (χ2n) is 6.41. The highest BCUT2D eigenvalue weighted by atomic mass is 16.6. The van der Waals surface area contributed by atoms with E-state index < -0.39 is 4.92 Å². The van der Waals surface area contributed by atoms with E-state index in [0.29, 0.717) is 19.5 Å². The summed E-state index contributed by atoms with van der Waals surface area (Å²) >= 11 is 0. The van der Waals surface area contributed by atoms with Gasteiger partial charge in [-0.15, -0.1) is 0 Å². The van der Waals surface area contributed by atoms with Crippen LogP contribution in [0.25, 0.3) is 0 Å². The fourth-order valence-corrected chi connectivity index (χ4v) is 2.73. The smallest absolute Gasteiger partial charge is 0.269 e. The molecule has 1 aliphatic heterocycles. The first-order chi connectivity index (χ1) is 10.9. The molecule has 1 aliphatic rings. The number of nitro benzene ring substituents is 1. The minimum atomic E-state index is -0.423. The normalized spacial score (nSPS) is 20.5. The van der Waals surface area contributed by atoms with Crippen molar-refractivity contribution in [2.24, 2.45) is 11.1 Å².